The largest absolute Gasteiger partial charge is 0.480 e. The summed E-state index contributed by atoms with van der Waals surface area (Å²) in [7, 11) is 0. The average molecular weight is 312 g/mol. The molecule has 0 saturated carbocycles. The number of nitrogens with one attached hydrogen (secondary N) is 1. The van der Waals surface area contributed by atoms with Crippen molar-refractivity contribution in [2.75, 3.05) is 0 Å². The first-order valence-corrected chi connectivity index (χ1v) is 7.32. The van der Waals surface area contributed by atoms with Crippen LogP contribution in [0.4, 0.5) is 0 Å². The molecule has 0 aliphatic carbocycles. The number of carboxylic acids is 1. The van der Waals surface area contributed by atoms with Crippen LogP contribution in [0.25, 0.3) is 10.1 Å². The second kappa shape index (κ2) is 5.81. The van der Waals surface area contributed by atoms with Crippen molar-refractivity contribution in [2.24, 2.45) is 5.92 Å². The van der Waals surface area contributed by atoms with Gasteiger partial charge in [0.15, 0.2) is 0 Å². The molecule has 4 nitrogen and oxygen atoms in total. The third kappa shape index (κ3) is 2.78. The first-order valence-electron chi connectivity index (χ1n) is 6.12. The van der Waals surface area contributed by atoms with Crippen LogP contribution in [0.2, 0.25) is 5.02 Å². The van der Waals surface area contributed by atoms with Crippen molar-refractivity contribution in [3.05, 3.63) is 34.2 Å². The summed E-state index contributed by atoms with van der Waals surface area (Å²) >= 11 is 7.46. The quantitative estimate of drug-likeness (QED) is 0.909. The minimum absolute atomic E-state index is 0.204. The van der Waals surface area contributed by atoms with Gasteiger partial charge < -0.3 is 10.4 Å². The number of carboxylic acid groups (broad SMARTS) is 1. The van der Waals surface area contributed by atoms with Crippen molar-refractivity contribution >= 4 is 44.9 Å². The monoisotopic (exact) mass is 311 g/mol. The van der Waals surface area contributed by atoms with Crippen LogP contribution in [0.5, 0.6) is 0 Å². The first-order chi connectivity index (χ1) is 9.41. The average Bonchev–Trinajstić information content (AvgIpc) is 2.73. The number of hydrogen-bond acceptors (Lipinski definition) is 3. The van der Waals surface area contributed by atoms with Crippen LogP contribution in [-0.4, -0.2) is 23.0 Å². The lowest BCUT2D eigenvalue weighted by atomic mass is 10.0. The zero-order valence-electron chi connectivity index (χ0n) is 11.0. The Labute approximate surface area is 125 Å². The molecular formula is C14H14ClNO3S. The maximum atomic E-state index is 12.2. The van der Waals surface area contributed by atoms with Crippen molar-refractivity contribution in [3.63, 3.8) is 0 Å². The van der Waals surface area contributed by atoms with Crippen LogP contribution in [0.1, 0.15) is 23.5 Å². The SMILES string of the molecule is CC(C)[C@@H](NC(=O)c1sc2ccccc2c1Cl)C(=O)O. The second-order valence-electron chi connectivity index (χ2n) is 4.77. The highest BCUT2D eigenvalue weighted by Gasteiger charge is 2.26. The molecule has 0 radical (unpaired) electrons. The number of carbonyl (C=O) groups is 2. The molecule has 1 heterocycles. The van der Waals surface area contributed by atoms with E-state index in [0.29, 0.717) is 9.90 Å². The normalized spacial score (nSPS) is 12.6. The van der Waals surface area contributed by atoms with E-state index >= 15 is 0 Å². The Hall–Kier alpha value is -1.59. The Kier molecular flexibility index (Phi) is 4.30. The number of amides is 1. The van der Waals surface area contributed by atoms with Crippen molar-refractivity contribution in [1.82, 2.24) is 5.32 Å². The van der Waals surface area contributed by atoms with Gasteiger partial charge in [-0.2, -0.15) is 0 Å². The van der Waals surface area contributed by atoms with Gasteiger partial charge in [-0.15, -0.1) is 11.3 Å². The molecule has 2 N–H and O–H groups in total. The molecule has 1 aromatic heterocycles. The fourth-order valence-electron chi connectivity index (χ4n) is 1.88. The third-order valence-electron chi connectivity index (χ3n) is 2.96. The summed E-state index contributed by atoms with van der Waals surface area (Å²) in [5.41, 5.74) is 0. The van der Waals surface area contributed by atoms with Crippen molar-refractivity contribution in [2.45, 2.75) is 19.9 Å². The number of aliphatic carboxylic acids is 1. The van der Waals surface area contributed by atoms with E-state index in [-0.39, 0.29) is 5.92 Å². The maximum absolute atomic E-state index is 12.2. The molecule has 1 amide bonds. The topological polar surface area (TPSA) is 66.4 Å². The maximum Gasteiger partial charge on any atom is 0.326 e. The Morgan fingerprint density at radius 2 is 1.95 bits per heavy atom. The summed E-state index contributed by atoms with van der Waals surface area (Å²) in [6.45, 7) is 3.48. The third-order valence-corrected chi connectivity index (χ3v) is 4.63. The minimum Gasteiger partial charge on any atom is -0.480 e. The highest BCUT2D eigenvalue weighted by Crippen LogP contribution is 2.35. The smallest absolute Gasteiger partial charge is 0.326 e. The zero-order valence-corrected chi connectivity index (χ0v) is 12.6. The van der Waals surface area contributed by atoms with E-state index in [0.717, 1.165) is 10.1 Å². The molecule has 6 heteroatoms. The van der Waals surface area contributed by atoms with Gasteiger partial charge in [0.05, 0.1) is 5.02 Å². The van der Waals surface area contributed by atoms with E-state index < -0.39 is 17.9 Å². The summed E-state index contributed by atoms with van der Waals surface area (Å²) in [4.78, 5) is 23.7. The van der Waals surface area contributed by atoms with E-state index in [1.54, 1.807) is 13.8 Å². The van der Waals surface area contributed by atoms with Gasteiger partial charge in [-0.25, -0.2) is 4.79 Å². The molecule has 0 bridgehead atoms. The van der Waals surface area contributed by atoms with Crippen molar-refractivity contribution < 1.29 is 14.7 Å². The van der Waals surface area contributed by atoms with Crippen LogP contribution < -0.4 is 5.32 Å². The van der Waals surface area contributed by atoms with E-state index in [9.17, 15) is 9.59 Å². The molecular weight excluding hydrogens is 298 g/mol. The van der Waals surface area contributed by atoms with E-state index in [4.69, 9.17) is 16.7 Å². The number of benzene rings is 1. The van der Waals surface area contributed by atoms with Crippen molar-refractivity contribution in [3.8, 4) is 0 Å². The molecule has 2 aromatic rings. The molecule has 20 heavy (non-hydrogen) atoms. The molecule has 2 rings (SSSR count). The lowest BCUT2D eigenvalue weighted by molar-refractivity contribution is -0.140. The predicted octanol–water partition coefficient (Wildman–Crippen LogP) is 3.39. The summed E-state index contributed by atoms with van der Waals surface area (Å²) in [6, 6.07) is 6.49. The Morgan fingerprint density at radius 3 is 2.50 bits per heavy atom. The van der Waals surface area contributed by atoms with Gasteiger partial charge in [-0.1, -0.05) is 43.6 Å². The Bertz CT molecular complexity index is 665. The van der Waals surface area contributed by atoms with Gasteiger partial charge in [0.2, 0.25) is 0 Å². The van der Waals surface area contributed by atoms with Crippen LogP contribution in [0, 0.1) is 5.92 Å². The van der Waals surface area contributed by atoms with Crippen LogP contribution in [0.15, 0.2) is 24.3 Å². The Morgan fingerprint density at radius 1 is 1.30 bits per heavy atom. The standard InChI is InChI=1S/C14H14ClNO3S/c1-7(2)11(14(18)19)16-13(17)12-10(15)8-5-3-4-6-9(8)20-12/h3-7,11H,1-2H3,(H,16,17)(H,18,19)/t11-/m1/s1. The summed E-state index contributed by atoms with van der Waals surface area (Å²) < 4.78 is 0.902. The molecule has 0 fully saturated rings. The molecule has 106 valence electrons. The number of carbonyl (C=O) groups excluding carboxylic acids is 1. The van der Waals surface area contributed by atoms with Gasteiger partial charge in [0.25, 0.3) is 5.91 Å². The molecule has 0 saturated heterocycles. The van der Waals surface area contributed by atoms with Gasteiger partial charge >= 0.3 is 5.97 Å². The molecule has 0 aliphatic rings. The van der Waals surface area contributed by atoms with E-state index in [2.05, 4.69) is 5.32 Å². The molecule has 1 aromatic carbocycles. The molecule has 0 unspecified atom stereocenters. The van der Waals surface area contributed by atoms with Crippen molar-refractivity contribution in [1.29, 1.82) is 0 Å². The molecule has 0 aliphatic heterocycles. The van der Waals surface area contributed by atoms with E-state index in [1.807, 2.05) is 24.3 Å². The minimum atomic E-state index is -1.05. The predicted molar refractivity (Wildman–Crippen MR) is 80.6 cm³/mol. The number of hydrogen-bond donors (Lipinski definition) is 2. The molecule has 1 atom stereocenters. The van der Waals surface area contributed by atoms with Crippen LogP contribution >= 0.6 is 22.9 Å². The number of fused-ring (bicyclic) bond motifs is 1. The fourth-order valence-corrected chi connectivity index (χ4v) is 3.30. The van der Waals surface area contributed by atoms with Gasteiger partial charge in [0, 0.05) is 10.1 Å². The number of halogens is 1. The first kappa shape index (κ1) is 14.8. The van der Waals surface area contributed by atoms with Gasteiger partial charge in [-0.05, 0) is 12.0 Å². The van der Waals surface area contributed by atoms with Crippen LogP contribution in [0.3, 0.4) is 0 Å². The van der Waals surface area contributed by atoms with Gasteiger partial charge in [0.1, 0.15) is 10.9 Å². The lowest BCUT2D eigenvalue weighted by Crippen LogP contribution is -2.44. The zero-order chi connectivity index (χ0) is 14.9. The number of thiophene rings is 1. The fraction of sp³-hybridized carbons (Fsp3) is 0.286. The highest BCUT2D eigenvalue weighted by molar-refractivity contribution is 7.21. The summed E-state index contributed by atoms with van der Waals surface area (Å²) in [5.74, 6) is -1.70. The number of rotatable bonds is 4. The second-order valence-corrected chi connectivity index (χ2v) is 6.20. The highest BCUT2D eigenvalue weighted by atomic mass is 35.5. The van der Waals surface area contributed by atoms with E-state index in [1.165, 1.54) is 11.3 Å². The summed E-state index contributed by atoms with van der Waals surface area (Å²) in [6.07, 6.45) is 0. The Balaban J connectivity index is 2.32. The molecule has 0 spiro atoms. The van der Waals surface area contributed by atoms with Gasteiger partial charge in [-0.3, -0.25) is 4.79 Å². The van der Waals surface area contributed by atoms with Crippen LogP contribution in [-0.2, 0) is 4.79 Å². The summed E-state index contributed by atoms with van der Waals surface area (Å²) in [5, 5.41) is 12.8. The lowest BCUT2D eigenvalue weighted by Gasteiger charge is -2.17.